The normalized spacial score (nSPS) is 33.9. The molecule has 0 radical (unpaired) electrons. The van der Waals surface area contributed by atoms with Crippen molar-refractivity contribution in [1.82, 2.24) is 14.7 Å². The van der Waals surface area contributed by atoms with Crippen LogP contribution in [0, 0.1) is 5.92 Å². The van der Waals surface area contributed by atoms with E-state index in [0.29, 0.717) is 0 Å². The minimum absolute atomic E-state index is 0.735. The second-order valence-corrected chi connectivity index (χ2v) is 7.86. The van der Waals surface area contributed by atoms with Crippen molar-refractivity contribution in [2.75, 3.05) is 32.7 Å². The summed E-state index contributed by atoms with van der Waals surface area (Å²) in [7, 11) is 0. The Morgan fingerprint density at radius 3 is 2.10 bits per heavy atom. The summed E-state index contributed by atoms with van der Waals surface area (Å²) >= 11 is 0. The highest BCUT2D eigenvalue weighted by molar-refractivity contribution is 5.01. The van der Waals surface area contributed by atoms with Gasteiger partial charge in [-0.25, -0.2) is 0 Å². The smallest absolute Gasteiger partial charge is 0.0242 e. The molecular formula is C17H33N3. The fourth-order valence-electron chi connectivity index (χ4n) is 4.62. The van der Waals surface area contributed by atoms with Crippen LogP contribution in [0.1, 0.15) is 47.0 Å². The maximum atomic E-state index is 2.82. The van der Waals surface area contributed by atoms with Crippen molar-refractivity contribution in [3.63, 3.8) is 0 Å². The Kier molecular flexibility index (Phi) is 4.40. The molecule has 3 aliphatic rings. The van der Waals surface area contributed by atoms with E-state index in [2.05, 4.69) is 42.4 Å². The van der Waals surface area contributed by atoms with E-state index in [4.69, 9.17) is 0 Å². The van der Waals surface area contributed by atoms with E-state index in [1.807, 2.05) is 0 Å². The quantitative estimate of drug-likeness (QED) is 0.782. The molecule has 3 nitrogen and oxygen atoms in total. The molecule has 3 saturated heterocycles. The van der Waals surface area contributed by atoms with Gasteiger partial charge >= 0.3 is 0 Å². The van der Waals surface area contributed by atoms with Gasteiger partial charge in [0.25, 0.3) is 0 Å². The second-order valence-electron chi connectivity index (χ2n) is 7.86. The molecule has 0 aromatic rings. The Bertz CT molecular complexity index is 320. The highest BCUT2D eigenvalue weighted by atomic mass is 15.4. The fraction of sp³-hybridized carbons (Fsp3) is 1.00. The molecule has 2 atom stereocenters. The third kappa shape index (κ3) is 2.90. The van der Waals surface area contributed by atoms with Crippen LogP contribution in [0.3, 0.4) is 0 Å². The van der Waals surface area contributed by atoms with E-state index in [1.165, 1.54) is 52.0 Å². The van der Waals surface area contributed by atoms with Crippen LogP contribution in [0.2, 0.25) is 0 Å². The summed E-state index contributed by atoms with van der Waals surface area (Å²) in [6.07, 6.45) is 4.27. The summed E-state index contributed by atoms with van der Waals surface area (Å²) in [5.74, 6) is 0.955. The van der Waals surface area contributed by atoms with Crippen molar-refractivity contribution in [2.24, 2.45) is 5.92 Å². The number of rotatable bonds is 4. The maximum absolute atomic E-state index is 2.82. The molecule has 2 bridgehead atoms. The predicted molar refractivity (Wildman–Crippen MR) is 85.0 cm³/mol. The van der Waals surface area contributed by atoms with Crippen LogP contribution in [-0.4, -0.2) is 71.6 Å². The number of hydrogen-bond donors (Lipinski definition) is 0. The van der Waals surface area contributed by atoms with Gasteiger partial charge in [0, 0.05) is 43.8 Å². The van der Waals surface area contributed by atoms with E-state index >= 15 is 0 Å². The molecule has 3 heterocycles. The number of fused-ring (bicyclic) bond motifs is 2. The predicted octanol–water partition coefficient (Wildman–Crippen LogP) is 2.27. The van der Waals surface area contributed by atoms with E-state index in [1.54, 1.807) is 0 Å². The van der Waals surface area contributed by atoms with Crippen molar-refractivity contribution in [3.05, 3.63) is 0 Å². The summed E-state index contributed by atoms with van der Waals surface area (Å²) in [6.45, 7) is 16.1. The molecule has 0 amide bonds. The van der Waals surface area contributed by atoms with Gasteiger partial charge in [0.15, 0.2) is 0 Å². The van der Waals surface area contributed by atoms with Crippen LogP contribution in [0.25, 0.3) is 0 Å². The molecule has 0 aromatic heterocycles. The van der Waals surface area contributed by atoms with E-state index in [9.17, 15) is 0 Å². The Morgan fingerprint density at radius 1 is 0.900 bits per heavy atom. The molecule has 3 aliphatic heterocycles. The first-order valence-corrected chi connectivity index (χ1v) is 8.78. The Balaban J connectivity index is 1.45. The molecule has 0 N–H and O–H groups in total. The largest absolute Gasteiger partial charge is 0.301 e. The zero-order chi connectivity index (χ0) is 14.3. The lowest BCUT2D eigenvalue weighted by atomic mass is 9.95. The van der Waals surface area contributed by atoms with Gasteiger partial charge in [-0.3, -0.25) is 9.80 Å². The molecule has 0 aliphatic carbocycles. The summed E-state index contributed by atoms with van der Waals surface area (Å²) in [4.78, 5) is 8.19. The summed E-state index contributed by atoms with van der Waals surface area (Å²) in [5, 5.41) is 0. The molecule has 20 heavy (non-hydrogen) atoms. The first-order valence-electron chi connectivity index (χ1n) is 8.78. The molecule has 0 aromatic carbocycles. The minimum atomic E-state index is 0.735. The van der Waals surface area contributed by atoms with Crippen LogP contribution in [0.4, 0.5) is 0 Å². The summed E-state index contributed by atoms with van der Waals surface area (Å²) in [5.41, 5.74) is 0. The molecule has 3 rings (SSSR count). The van der Waals surface area contributed by atoms with Gasteiger partial charge in [0.1, 0.15) is 0 Å². The van der Waals surface area contributed by atoms with Gasteiger partial charge in [-0.1, -0.05) is 0 Å². The number of nitrogens with zero attached hydrogens (tertiary/aromatic N) is 3. The van der Waals surface area contributed by atoms with E-state index in [-0.39, 0.29) is 0 Å². The number of piperidine rings is 1. The first kappa shape index (κ1) is 14.8. The van der Waals surface area contributed by atoms with Gasteiger partial charge in [0.05, 0.1) is 0 Å². The molecule has 0 saturated carbocycles. The fourth-order valence-corrected chi connectivity index (χ4v) is 4.62. The van der Waals surface area contributed by atoms with Crippen molar-refractivity contribution in [3.8, 4) is 0 Å². The molecule has 116 valence electrons. The molecule has 3 heteroatoms. The van der Waals surface area contributed by atoms with E-state index in [0.717, 1.165) is 30.1 Å². The Labute approximate surface area is 125 Å². The topological polar surface area (TPSA) is 9.72 Å². The van der Waals surface area contributed by atoms with Gasteiger partial charge < -0.3 is 4.90 Å². The van der Waals surface area contributed by atoms with E-state index < -0.39 is 0 Å². The lowest BCUT2D eigenvalue weighted by Crippen LogP contribution is -2.50. The van der Waals surface area contributed by atoms with Crippen molar-refractivity contribution >= 4 is 0 Å². The van der Waals surface area contributed by atoms with Crippen molar-refractivity contribution in [1.29, 1.82) is 0 Å². The van der Waals surface area contributed by atoms with Gasteiger partial charge in [-0.05, 0) is 66.0 Å². The van der Waals surface area contributed by atoms with Crippen LogP contribution < -0.4 is 0 Å². The van der Waals surface area contributed by atoms with Crippen molar-refractivity contribution in [2.45, 2.75) is 71.1 Å². The minimum Gasteiger partial charge on any atom is -0.301 e. The third-order valence-electron chi connectivity index (χ3n) is 5.93. The van der Waals surface area contributed by atoms with Crippen molar-refractivity contribution < 1.29 is 0 Å². The van der Waals surface area contributed by atoms with Crippen LogP contribution >= 0.6 is 0 Å². The molecule has 0 spiro atoms. The highest BCUT2D eigenvalue weighted by Crippen LogP contribution is 2.33. The van der Waals surface area contributed by atoms with Gasteiger partial charge in [-0.2, -0.15) is 0 Å². The standard InChI is InChI=1S/C17H33N3/c1-13(2)18-7-5-15(6-8-18)10-19-11-17-9-16(19)12-20(17)14(3)4/h13-17H,5-12H2,1-4H3/t16-,17-/m0/s1. The monoisotopic (exact) mass is 279 g/mol. The van der Waals surface area contributed by atoms with Gasteiger partial charge in [-0.15, -0.1) is 0 Å². The zero-order valence-electron chi connectivity index (χ0n) is 13.9. The van der Waals surface area contributed by atoms with Gasteiger partial charge in [0.2, 0.25) is 0 Å². The molecular weight excluding hydrogens is 246 g/mol. The highest BCUT2D eigenvalue weighted by Gasteiger charge is 2.44. The van der Waals surface area contributed by atoms with Crippen LogP contribution in [0.15, 0.2) is 0 Å². The number of likely N-dealkylation sites (tertiary alicyclic amines) is 3. The average molecular weight is 279 g/mol. The van der Waals surface area contributed by atoms with Crippen LogP contribution in [0.5, 0.6) is 0 Å². The van der Waals surface area contributed by atoms with Crippen LogP contribution in [-0.2, 0) is 0 Å². The maximum Gasteiger partial charge on any atom is 0.0242 e. The number of piperazine rings is 1. The summed E-state index contributed by atoms with van der Waals surface area (Å²) < 4.78 is 0. The lowest BCUT2D eigenvalue weighted by molar-refractivity contribution is 0.0731. The number of hydrogen-bond acceptors (Lipinski definition) is 3. The first-order chi connectivity index (χ1) is 9.54. The summed E-state index contributed by atoms with van der Waals surface area (Å²) in [6, 6.07) is 3.20. The zero-order valence-corrected chi connectivity index (χ0v) is 13.9. The SMILES string of the molecule is CC(C)N1CCC(CN2C[C@@H]3C[C@H]2CN3C(C)C)CC1. The second kappa shape index (κ2) is 5.94. The third-order valence-corrected chi connectivity index (χ3v) is 5.93. The average Bonchev–Trinajstić information content (AvgIpc) is 2.99. The molecule has 3 fully saturated rings. The lowest BCUT2D eigenvalue weighted by Gasteiger charge is -2.40. The molecule has 0 unspecified atom stereocenters. The Morgan fingerprint density at radius 2 is 1.60 bits per heavy atom. The Hall–Kier alpha value is -0.120.